The highest BCUT2D eigenvalue weighted by Gasteiger charge is 2.29. The maximum atomic E-state index is 5.43. The van der Waals surface area contributed by atoms with Crippen LogP contribution >= 0.6 is 0 Å². The minimum absolute atomic E-state index is 0.415. The van der Waals surface area contributed by atoms with E-state index in [1.807, 2.05) is 6.92 Å². The summed E-state index contributed by atoms with van der Waals surface area (Å²) in [5.74, 6) is 5.87. The number of ether oxygens (including phenoxy) is 1. The van der Waals surface area contributed by atoms with Gasteiger partial charge >= 0.3 is 0 Å². The molecule has 0 aromatic rings. The van der Waals surface area contributed by atoms with Gasteiger partial charge in [-0.05, 0) is 19.8 Å². The van der Waals surface area contributed by atoms with Crippen molar-refractivity contribution in [1.29, 1.82) is 0 Å². The Morgan fingerprint density at radius 1 is 1.62 bits per heavy atom. The largest absolute Gasteiger partial charge is 0.378 e. The van der Waals surface area contributed by atoms with E-state index in [1.165, 1.54) is 0 Å². The first-order valence-electron chi connectivity index (χ1n) is 4.61. The number of hydrazine groups is 1. The molecule has 0 aromatic heterocycles. The van der Waals surface area contributed by atoms with Crippen molar-refractivity contribution in [3.05, 3.63) is 0 Å². The Morgan fingerprint density at radius 2 is 2.31 bits per heavy atom. The predicted octanol–water partition coefficient (Wildman–Crippen LogP) is -0.407. The molecule has 0 unspecified atom stereocenters. The SMILES string of the molecule is CCOC1CC(NC(=NC)NN)C1. The molecule has 5 heteroatoms. The summed E-state index contributed by atoms with van der Waals surface area (Å²) in [6, 6.07) is 0.450. The lowest BCUT2D eigenvalue weighted by Gasteiger charge is -2.35. The van der Waals surface area contributed by atoms with Gasteiger partial charge in [0.25, 0.3) is 0 Å². The molecule has 1 saturated carbocycles. The number of nitrogens with one attached hydrogen (secondary N) is 2. The number of aliphatic imine (C=N–C) groups is 1. The van der Waals surface area contributed by atoms with Crippen LogP contribution in [0, 0.1) is 0 Å². The lowest BCUT2D eigenvalue weighted by Crippen LogP contribution is -2.53. The summed E-state index contributed by atoms with van der Waals surface area (Å²) in [5, 5.41) is 3.18. The van der Waals surface area contributed by atoms with Gasteiger partial charge in [0.2, 0.25) is 5.96 Å². The second-order valence-corrected chi connectivity index (χ2v) is 3.11. The van der Waals surface area contributed by atoms with Gasteiger partial charge in [-0.1, -0.05) is 0 Å². The number of rotatable bonds is 3. The van der Waals surface area contributed by atoms with E-state index in [-0.39, 0.29) is 0 Å². The normalized spacial score (nSPS) is 28.1. The molecule has 1 rings (SSSR count). The van der Waals surface area contributed by atoms with Gasteiger partial charge in [-0.3, -0.25) is 10.4 Å². The lowest BCUT2D eigenvalue weighted by molar-refractivity contribution is -0.00578. The Balaban J connectivity index is 2.14. The molecule has 0 amide bonds. The Morgan fingerprint density at radius 3 is 2.77 bits per heavy atom. The van der Waals surface area contributed by atoms with Crippen molar-refractivity contribution >= 4 is 5.96 Å². The highest BCUT2D eigenvalue weighted by Crippen LogP contribution is 2.22. The summed E-state index contributed by atoms with van der Waals surface area (Å²) >= 11 is 0. The standard InChI is InChI=1S/C8H18N4O/c1-3-13-7-4-6(5-7)11-8(10-2)12-9/h6-7H,3-5,9H2,1-2H3,(H2,10,11,12). The smallest absolute Gasteiger partial charge is 0.205 e. The summed E-state index contributed by atoms with van der Waals surface area (Å²) < 4.78 is 5.43. The first-order valence-corrected chi connectivity index (χ1v) is 4.61. The van der Waals surface area contributed by atoms with E-state index in [0.29, 0.717) is 18.1 Å². The summed E-state index contributed by atoms with van der Waals surface area (Å²) in [5.41, 5.74) is 2.50. The molecule has 0 saturated heterocycles. The number of guanidine groups is 1. The molecule has 0 heterocycles. The van der Waals surface area contributed by atoms with Gasteiger partial charge in [-0.25, -0.2) is 5.84 Å². The van der Waals surface area contributed by atoms with Crippen LogP contribution in [0.1, 0.15) is 19.8 Å². The monoisotopic (exact) mass is 186 g/mol. The summed E-state index contributed by atoms with van der Waals surface area (Å²) in [4.78, 5) is 3.93. The van der Waals surface area contributed by atoms with E-state index in [4.69, 9.17) is 10.6 Å². The minimum atomic E-state index is 0.415. The van der Waals surface area contributed by atoms with Gasteiger partial charge < -0.3 is 10.1 Å². The molecule has 0 aliphatic heterocycles. The van der Waals surface area contributed by atoms with Crippen LogP contribution in [0.25, 0.3) is 0 Å². The Kier molecular flexibility index (Phi) is 3.98. The molecule has 1 aliphatic rings. The van der Waals surface area contributed by atoms with Crippen LogP contribution in [0.3, 0.4) is 0 Å². The van der Waals surface area contributed by atoms with Crippen LogP contribution in [0.2, 0.25) is 0 Å². The van der Waals surface area contributed by atoms with Gasteiger partial charge in [0, 0.05) is 19.7 Å². The zero-order valence-electron chi connectivity index (χ0n) is 8.21. The van der Waals surface area contributed by atoms with E-state index in [1.54, 1.807) is 7.05 Å². The third-order valence-electron chi connectivity index (χ3n) is 2.20. The summed E-state index contributed by atoms with van der Waals surface area (Å²) in [6.07, 6.45) is 2.49. The summed E-state index contributed by atoms with van der Waals surface area (Å²) in [7, 11) is 1.70. The fraction of sp³-hybridized carbons (Fsp3) is 0.875. The van der Waals surface area contributed by atoms with Gasteiger partial charge in [0.05, 0.1) is 6.10 Å². The molecule has 76 valence electrons. The van der Waals surface area contributed by atoms with E-state index in [0.717, 1.165) is 19.4 Å². The zero-order valence-corrected chi connectivity index (χ0v) is 8.21. The Labute approximate surface area is 78.7 Å². The molecule has 1 fully saturated rings. The van der Waals surface area contributed by atoms with Crippen LogP contribution in [-0.4, -0.2) is 31.8 Å². The first kappa shape index (κ1) is 10.3. The van der Waals surface area contributed by atoms with Crippen LogP contribution in [-0.2, 0) is 4.74 Å². The second kappa shape index (κ2) is 5.04. The predicted molar refractivity (Wildman–Crippen MR) is 52.3 cm³/mol. The van der Waals surface area contributed by atoms with Gasteiger partial charge in [0.15, 0.2) is 0 Å². The fourth-order valence-corrected chi connectivity index (χ4v) is 1.42. The van der Waals surface area contributed by atoms with Crippen molar-refractivity contribution in [2.75, 3.05) is 13.7 Å². The average molecular weight is 186 g/mol. The van der Waals surface area contributed by atoms with Crippen molar-refractivity contribution in [1.82, 2.24) is 10.7 Å². The average Bonchev–Trinajstić information content (AvgIpc) is 2.09. The molecule has 4 N–H and O–H groups in total. The third kappa shape index (κ3) is 2.86. The van der Waals surface area contributed by atoms with Crippen LogP contribution in [0.4, 0.5) is 0 Å². The van der Waals surface area contributed by atoms with Gasteiger partial charge in [-0.2, -0.15) is 0 Å². The number of nitrogens with two attached hydrogens (primary N) is 1. The number of hydrogen-bond donors (Lipinski definition) is 3. The fourth-order valence-electron chi connectivity index (χ4n) is 1.42. The molecule has 13 heavy (non-hydrogen) atoms. The maximum absolute atomic E-state index is 5.43. The van der Waals surface area contributed by atoms with Gasteiger partial charge in [-0.15, -0.1) is 0 Å². The highest BCUT2D eigenvalue weighted by atomic mass is 16.5. The molecule has 0 atom stereocenters. The Bertz CT molecular complexity index is 177. The second-order valence-electron chi connectivity index (χ2n) is 3.11. The highest BCUT2D eigenvalue weighted by molar-refractivity contribution is 5.79. The van der Waals surface area contributed by atoms with Crippen LogP contribution < -0.4 is 16.6 Å². The third-order valence-corrected chi connectivity index (χ3v) is 2.20. The van der Waals surface area contributed by atoms with Crippen LogP contribution in [0.15, 0.2) is 4.99 Å². The van der Waals surface area contributed by atoms with Gasteiger partial charge in [0.1, 0.15) is 0 Å². The molecular weight excluding hydrogens is 168 g/mol. The molecule has 0 spiro atoms. The number of nitrogens with zero attached hydrogens (tertiary/aromatic N) is 1. The van der Waals surface area contributed by atoms with Crippen molar-refractivity contribution in [2.45, 2.75) is 31.9 Å². The topological polar surface area (TPSA) is 71.7 Å². The molecule has 0 radical (unpaired) electrons. The van der Waals surface area contributed by atoms with Crippen molar-refractivity contribution < 1.29 is 4.74 Å². The van der Waals surface area contributed by atoms with E-state index in [9.17, 15) is 0 Å². The molecule has 0 aromatic carbocycles. The van der Waals surface area contributed by atoms with E-state index >= 15 is 0 Å². The van der Waals surface area contributed by atoms with Crippen molar-refractivity contribution in [3.8, 4) is 0 Å². The zero-order chi connectivity index (χ0) is 9.68. The Hall–Kier alpha value is -0.810. The minimum Gasteiger partial charge on any atom is -0.378 e. The molecule has 1 aliphatic carbocycles. The van der Waals surface area contributed by atoms with Crippen molar-refractivity contribution in [3.63, 3.8) is 0 Å². The molecule has 5 nitrogen and oxygen atoms in total. The van der Waals surface area contributed by atoms with E-state index < -0.39 is 0 Å². The maximum Gasteiger partial charge on any atom is 0.205 e. The molecular formula is C8H18N4O. The number of hydrogen-bond acceptors (Lipinski definition) is 3. The van der Waals surface area contributed by atoms with E-state index in [2.05, 4.69) is 15.7 Å². The lowest BCUT2D eigenvalue weighted by atomic mass is 9.89. The van der Waals surface area contributed by atoms with Crippen molar-refractivity contribution in [2.24, 2.45) is 10.8 Å². The quantitative estimate of drug-likeness (QED) is 0.242. The molecule has 0 bridgehead atoms. The van der Waals surface area contributed by atoms with Crippen LogP contribution in [0.5, 0.6) is 0 Å². The summed E-state index contributed by atoms with van der Waals surface area (Å²) in [6.45, 7) is 2.81. The first-order chi connectivity index (χ1) is 6.30.